The highest BCUT2D eigenvalue weighted by Gasteiger charge is 2.30. The molecule has 0 saturated heterocycles. The van der Waals surface area contributed by atoms with Gasteiger partial charge in [-0.15, -0.1) is 0 Å². The van der Waals surface area contributed by atoms with E-state index in [1.54, 1.807) is 32.2 Å². The number of aromatic nitrogens is 1. The van der Waals surface area contributed by atoms with Gasteiger partial charge in [0, 0.05) is 19.3 Å². The summed E-state index contributed by atoms with van der Waals surface area (Å²) in [5.74, 6) is -0.384. The van der Waals surface area contributed by atoms with Crippen molar-refractivity contribution in [1.82, 2.24) is 10.3 Å². The molecule has 0 atom stereocenters. The SMILES string of the molecule is CCNc1ccc(C(=O)NCC(C)(C)S(C)(=O)=O)nc1. The molecule has 0 saturated carbocycles. The third kappa shape index (κ3) is 4.19. The molecule has 6 nitrogen and oxygen atoms in total. The predicted molar refractivity (Wildman–Crippen MR) is 79.7 cm³/mol. The second-order valence-electron chi connectivity index (χ2n) is 5.18. The Hall–Kier alpha value is -1.63. The Bertz CT molecular complexity index is 565. The van der Waals surface area contributed by atoms with Crippen molar-refractivity contribution in [3.63, 3.8) is 0 Å². The average Bonchev–Trinajstić information content (AvgIpc) is 2.36. The van der Waals surface area contributed by atoms with E-state index in [0.717, 1.165) is 18.5 Å². The first-order valence-electron chi connectivity index (χ1n) is 6.35. The van der Waals surface area contributed by atoms with E-state index in [0.29, 0.717) is 0 Å². The number of carbonyl (C=O) groups excluding carboxylic acids is 1. The van der Waals surface area contributed by atoms with Crippen molar-refractivity contribution in [2.24, 2.45) is 0 Å². The van der Waals surface area contributed by atoms with Crippen LogP contribution < -0.4 is 10.6 Å². The molecule has 0 spiro atoms. The average molecular weight is 299 g/mol. The lowest BCUT2D eigenvalue weighted by Crippen LogP contribution is -2.43. The second kappa shape index (κ2) is 6.21. The fourth-order valence-corrected chi connectivity index (χ4v) is 1.69. The summed E-state index contributed by atoms with van der Waals surface area (Å²) < 4.78 is 22.1. The number of sulfone groups is 1. The molecule has 112 valence electrons. The zero-order chi connectivity index (χ0) is 15.4. The molecule has 1 rings (SSSR count). The van der Waals surface area contributed by atoms with Crippen molar-refractivity contribution in [1.29, 1.82) is 0 Å². The number of hydrogen-bond acceptors (Lipinski definition) is 5. The molecule has 0 aliphatic carbocycles. The third-order valence-corrected chi connectivity index (χ3v) is 5.21. The first-order valence-corrected chi connectivity index (χ1v) is 8.24. The largest absolute Gasteiger partial charge is 0.384 e. The van der Waals surface area contributed by atoms with Crippen LogP contribution in [0.4, 0.5) is 5.69 Å². The number of hydrogen-bond donors (Lipinski definition) is 2. The first-order chi connectivity index (χ1) is 9.17. The summed E-state index contributed by atoms with van der Waals surface area (Å²) in [7, 11) is -3.24. The van der Waals surface area contributed by atoms with Crippen LogP contribution >= 0.6 is 0 Å². The van der Waals surface area contributed by atoms with Gasteiger partial charge in [-0.2, -0.15) is 0 Å². The van der Waals surface area contributed by atoms with Crippen LogP contribution in [0.2, 0.25) is 0 Å². The standard InChI is InChI=1S/C13H21N3O3S/c1-5-14-10-6-7-11(15-8-10)12(17)16-9-13(2,3)20(4,18)19/h6-8,14H,5,9H2,1-4H3,(H,16,17). The normalized spacial score (nSPS) is 12.0. The van der Waals surface area contributed by atoms with Gasteiger partial charge in [-0.1, -0.05) is 0 Å². The van der Waals surface area contributed by atoms with Gasteiger partial charge in [-0.3, -0.25) is 4.79 Å². The minimum absolute atomic E-state index is 0.0430. The van der Waals surface area contributed by atoms with E-state index in [1.165, 1.54) is 0 Å². The summed E-state index contributed by atoms with van der Waals surface area (Å²) in [4.78, 5) is 15.9. The lowest BCUT2D eigenvalue weighted by atomic mass is 10.2. The number of pyridine rings is 1. The van der Waals surface area contributed by atoms with Crippen LogP contribution in [0.3, 0.4) is 0 Å². The van der Waals surface area contributed by atoms with Crippen LogP contribution in [-0.2, 0) is 9.84 Å². The fourth-order valence-electron chi connectivity index (χ4n) is 1.35. The molecule has 0 unspecified atom stereocenters. The van der Waals surface area contributed by atoms with Crippen LogP contribution in [0.15, 0.2) is 18.3 Å². The van der Waals surface area contributed by atoms with Gasteiger partial charge in [0.1, 0.15) is 5.69 Å². The third-order valence-electron chi connectivity index (χ3n) is 3.06. The minimum atomic E-state index is -3.24. The van der Waals surface area contributed by atoms with E-state index in [9.17, 15) is 13.2 Å². The molecule has 20 heavy (non-hydrogen) atoms. The molecule has 1 aromatic heterocycles. The van der Waals surface area contributed by atoms with Crippen molar-refractivity contribution >= 4 is 21.4 Å². The summed E-state index contributed by atoms with van der Waals surface area (Å²) >= 11 is 0. The first kappa shape index (κ1) is 16.4. The maximum absolute atomic E-state index is 11.9. The molecule has 0 bridgehead atoms. The van der Waals surface area contributed by atoms with Gasteiger partial charge in [0.2, 0.25) is 0 Å². The molecular weight excluding hydrogens is 278 g/mol. The Balaban J connectivity index is 2.68. The van der Waals surface area contributed by atoms with Gasteiger partial charge in [0.15, 0.2) is 9.84 Å². The van der Waals surface area contributed by atoms with Gasteiger partial charge in [-0.05, 0) is 32.9 Å². The lowest BCUT2D eigenvalue weighted by molar-refractivity contribution is 0.0945. The van der Waals surface area contributed by atoms with E-state index in [1.807, 2.05) is 6.92 Å². The van der Waals surface area contributed by atoms with Crippen molar-refractivity contribution < 1.29 is 13.2 Å². The van der Waals surface area contributed by atoms with Crippen molar-refractivity contribution in [2.45, 2.75) is 25.5 Å². The van der Waals surface area contributed by atoms with Gasteiger partial charge >= 0.3 is 0 Å². The summed E-state index contributed by atoms with van der Waals surface area (Å²) in [5, 5.41) is 5.67. The number of carbonyl (C=O) groups is 1. The lowest BCUT2D eigenvalue weighted by Gasteiger charge is -2.22. The Morgan fingerprint density at radius 2 is 2.00 bits per heavy atom. The fraction of sp³-hybridized carbons (Fsp3) is 0.538. The molecule has 2 N–H and O–H groups in total. The van der Waals surface area contributed by atoms with E-state index < -0.39 is 14.6 Å². The van der Waals surface area contributed by atoms with Crippen LogP contribution in [0.5, 0.6) is 0 Å². The molecule has 1 heterocycles. The van der Waals surface area contributed by atoms with Crippen molar-refractivity contribution in [3.8, 4) is 0 Å². The van der Waals surface area contributed by atoms with Gasteiger partial charge < -0.3 is 10.6 Å². The van der Waals surface area contributed by atoms with E-state index >= 15 is 0 Å². The molecule has 0 aliphatic heterocycles. The zero-order valence-electron chi connectivity index (χ0n) is 12.2. The van der Waals surface area contributed by atoms with Crippen LogP contribution in [0.25, 0.3) is 0 Å². The highest BCUT2D eigenvalue weighted by molar-refractivity contribution is 7.92. The molecule has 1 aromatic rings. The van der Waals surface area contributed by atoms with Crippen molar-refractivity contribution in [3.05, 3.63) is 24.0 Å². The highest BCUT2D eigenvalue weighted by atomic mass is 32.2. The second-order valence-corrected chi connectivity index (χ2v) is 7.83. The molecular formula is C13H21N3O3S. The Morgan fingerprint density at radius 3 is 2.45 bits per heavy atom. The topological polar surface area (TPSA) is 88.2 Å². The summed E-state index contributed by atoms with van der Waals surface area (Å²) in [6.45, 7) is 5.93. The summed E-state index contributed by atoms with van der Waals surface area (Å²) in [5.41, 5.74) is 1.09. The quantitative estimate of drug-likeness (QED) is 0.820. The Kier molecular flexibility index (Phi) is 5.10. The summed E-state index contributed by atoms with van der Waals surface area (Å²) in [6.07, 6.45) is 2.72. The Labute approximate surface area is 119 Å². The van der Waals surface area contributed by atoms with Crippen LogP contribution in [0, 0.1) is 0 Å². The molecule has 0 aromatic carbocycles. The van der Waals surface area contributed by atoms with Gasteiger partial charge in [0.05, 0.1) is 16.6 Å². The maximum Gasteiger partial charge on any atom is 0.269 e. The minimum Gasteiger partial charge on any atom is -0.384 e. The molecule has 0 radical (unpaired) electrons. The van der Waals surface area contributed by atoms with Crippen molar-refractivity contribution in [2.75, 3.05) is 24.7 Å². The zero-order valence-corrected chi connectivity index (χ0v) is 13.0. The van der Waals surface area contributed by atoms with Gasteiger partial charge in [0.25, 0.3) is 5.91 Å². The number of anilines is 1. The predicted octanol–water partition coefficient (Wildman–Crippen LogP) is 1.07. The van der Waals surface area contributed by atoms with Gasteiger partial charge in [-0.25, -0.2) is 13.4 Å². The summed E-state index contributed by atoms with van der Waals surface area (Å²) in [6, 6.07) is 3.36. The number of nitrogens with one attached hydrogen (secondary N) is 2. The molecule has 0 fully saturated rings. The smallest absolute Gasteiger partial charge is 0.269 e. The maximum atomic E-state index is 11.9. The molecule has 0 aliphatic rings. The number of amides is 1. The van der Waals surface area contributed by atoms with E-state index in [4.69, 9.17) is 0 Å². The number of nitrogens with zero attached hydrogens (tertiary/aromatic N) is 1. The van der Waals surface area contributed by atoms with Crippen LogP contribution in [-0.4, -0.2) is 43.4 Å². The van der Waals surface area contributed by atoms with E-state index in [2.05, 4.69) is 15.6 Å². The van der Waals surface area contributed by atoms with E-state index in [-0.39, 0.29) is 18.1 Å². The highest BCUT2D eigenvalue weighted by Crippen LogP contribution is 2.13. The Morgan fingerprint density at radius 1 is 1.35 bits per heavy atom. The van der Waals surface area contributed by atoms with Crippen LogP contribution in [0.1, 0.15) is 31.3 Å². The number of rotatable bonds is 6. The molecule has 7 heteroatoms. The molecule has 1 amide bonds. The monoisotopic (exact) mass is 299 g/mol.